The van der Waals surface area contributed by atoms with Crippen molar-refractivity contribution in [3.05, 3.63) is 35.9 Å². The molecule has 1 aliphatic rings. The third-order valence-electron chi connectivity index (χ3n) is 3.15. The van der Waals surface area contributed by atoms with Crippen molar-refractivity contribution in [3.63, 3.8) is 0 Å². The van der Waals surface area contributed by atoms with Crippen LogP contribution >= 0.6 is 0 Å². The van der Waals surface area contributed by atoms with E-state index in [-0.39, 0.29) is 24.5 Å². The number of benzene rings is 1. The van der Waals surface area contributed by atoms with E-state index in [0.29, 0.717) is 0 Å². The molecule has 0 saturated carbocycles. The highest BCUT2D eigenvalue weighted by atomic mass is 32.2. The van der Waals surface area contributed by atoms with E-state index in [1.54, 1.807) is 12.1 Å². The molecule has 0 spiro atoms. The zero-order valence-corrected chi connectivity index (χ0v) is 11.2. The molecule has 1 N–H and O–H groups in total. The summed E-state index contributed by atoms with van der Waals surface area (Å²) in [6, 6.07) is 9.11. The monoisotopic (exact) mass is 284 g/mol. The Hall–Kier alpha value is -1.40. The van der Waals surface area contributed by atoms with Crippen LogP contribution in [0.25, 0.3) is 0 Å². The number of aliphatic hydroxyl groups is 1. The van der Waals surface area contributed by atoms with Gasteiger partial charge in [-0.15, -0.1) is 0 Å². The highest BCUT2D eigenvalue weighted by molar-refractivity contribution is 7.91. The fourth-order valence-corrected chi connectivity index (χ4v) is 3.70. The molecule has 19 heavy (non-hydrogen) atoms. The van der Waals surface area contributed by atoms with Crippen molar-refractivity contribution in [1.82, 2.24) is 0 Å². The molecule has 0 bridgehead atoms. The van der Waals surface area contributed by atoms with Crippen LogP contribution in [0.5, 0.6) is 0 Å². The summed E-state index contributed by atoms with van der Waals surface area (Å²) in [6.07, 6.45) is -0.847. The molecule has 104 valence electrons. The second kappa shape index (κ2) is 5.71. The van der Waals surface area contributed by atoms with Gasteiger partial charge in [-0.2, -0.15) is 0 Å². The molecule has 0 aromatic heterocycles. The molecule has 6 heteroatoms. The van der Waals surface area contributed by atoms with E-state index in [1.807, 2.05) is 18.2 Å². The molecular formula is C13H16O5S. The van der Waals surface area contributed by atoms with E-state index in [4.69, 9.17) is 4.74 Å². The summed E-state index contributed by atoms with van der Waals surface area (Å²) in [7, 11) is -3.25. The Morgan fingerprint density at radius 3 is 2.68 bits per heavy atom. The number of aliphatic hydroxyl groups excluding tert-OH is 1. The van der Waals surface area contributed by atoms with Gasteiger partial charge in [0.15, 0.2) is 9.84 Å². The second-order valence-corrected chi connectivity index (χ2v) is 6.90. The molecule has 0 amide bonds. The van der Waals surface area contributed by atoms with Crippen molar-refractivity contribution >= 4 is 15.8 Å². The molecule has 0 radical (unpaired) electrons. The highest BCUT2D eigenvalue weighted by Crippen LogP contribution is 2.21. The number of ether oxygens (including phenoxy) is 1. The van der Waals surface area contributed by atoms with Crippen LogP contribution in [0.1, 0.15) is 12.0 Å². The van der Waals surface area contributed by atoms with Crippen molar-refractivity contribution in [2.24, 2.45) is 5.92 Å². The lowest BCUT2D eigenvalue weighted by Crippen LogP contribution is -2.41. The predicted octanol–water partition coefficient (Wildman–Crippen LogP) is 0.525. The van der Waals surface area contributed by atoms with Crippen molar-refractivity contribution in [1.29, 1.82) is 0 Å². The van der Waals surface area contributed by atoms with Crippen LogP contribution in [0.3, 0.4) is 0 Å². The quantitative estimate of drug-likeness (QED) is 0.819. The van der Waals surface area contributed by atoms with Gasteiger partial charge in [-0.05, 0) is 12.0 Å². The number of esters is 1. The van der Waals surface area contributed by atoms with Crippen molar-refractivity contribution in [2.45, 2.75) is 19.1 Å². The third kappa shape index (κ3) is 3.78. The van der Waals surface area contributed by atoms with Gasteiger partial charge in [0.05, 0.1) is 23.5 Å². The van der Waals surface area contributed by atoms with Gasteiger partial charge >= 0.3 is 5.97 Å². The minimum absolute atomic E-state index is 0.0728. The minimum Gasteiger partial charge on any atom is -0.461 e. The molecule has 1 saturated heterocycles. The first-order chi connectivity index (χ1) is 8.98. The lowest BCUT2D eigenvalue weighted by Gasteiger charge is -2.25. The number of hydrogen-bond donors (Lipinski definition) is 1. The van der Waals surface area contributed by atoms with E-state index >= 15 is 0 Å². The molecule has 5 nitrogen and oxygen atoms in total. The van der Waals surface area contributed by atoms with Gasteiger partial charge < -0.3 is 9.84 Å². The maximum Gasteiger partial charge on any atom is 0.312 e. The Kier molecular flexibility index (Phi) is 4.21. The molecule has 2 unspecified atom stereocenters. The van der Waals surface area contributed by atoms with E-state index in [0.717, 1.165) is 5.56 Å². The number of carbonyl (C=O) groups is 1. The Morgan fingerprint density at radius 2 is 2.00 bits per heavy atom. The second-order valence-electron chi connectivity index (χ2n) is 4.67. The van der Waals surface area contributed by atoms with Crippen LogP contribution in [0.4, 0.5) is 0 Å². The predicted molar refractivity (Wildman–Crippen MR) is 69.0 cm³/mol. The smallest absolute Gasteiger partial charge is 0.312 e. The molecule has 2 atom stereocenters. The normalized spacial score (nSPS) is 25.7. The Morgan fingerprint density at radius 1 is 1.32 bits per heavy atom. The maximum absolute atomic E-state index is 11.8. The summed E-state index contributed by atoms with van der Waals surface area (Å²) in [5.41, 5.74) is 0.823. The average Bonchev–Trinajstić information content (AvgIpc) is 2.40. The van der Waals surface area contributed by atoms with Gasteiger partial charge in [0.1, 0.15) is 6.61 Å². The first kappa shape index (κ1) is 14.0. The summed E-state index contributed by atoms with van der Waals surface area (Å²) < 4.78 is 28.0. The zero-order chi connectivity index (χ0) is 13.9. The summed E-state index contributed by atoms with van der Waals surface area (Å²) in [5.74, 6) is -2.03. The topological polar surface area (TPSA) is 80.7 Å². The lowest BCUT2D eigenvalue weighted by atomic mass is 10.0. The number of rotatable bonds is 3. The van der Waals surface area contributed by atoms with Gasteiger partial charge in [-0.25, -0.2) is 8.42 Å². The van der Waals surface area contributed by atoms with Gasteiger partial charge in [0.2, 0.25) is 0 Å². The van der Waals surface area contributed by atoms with E-state index < -0.39 is 27.8 Å². The van der Waals surface area contributed by atoms with Crippen LogP contribution in [0.15, 0.2) is 30.3 Å². The summed E-state index contributed by atoms with van der Waals surface area (Å²) in [4.78, 5) is 11.8. The fourth-order valence-electron chi connectivity index (χ4n) is 2.03. The van der Waals surface area contributed by atoms with Gasteiger partial charge in [0, 0.05) is 0 Å². The molecule has 1 fully saturated rings. The zero-order valence-electron chi connectivity index (χ0n) is 10.4. The molecule has 0 aliphatic carbocycles. The molecule has 1 heterocycles. The minimum atomic E-state index is -3.25. The average molecular weight is 284 g/mol. The largest absolute Gasteiger partial charge is 0.461 e. The fraction of sp³-hybridized carbons (Fsp3) is 0.462. The Labute approximate surface area is 112 Å². The number of carbonyl (C=O) groups excluding carboxylic acids is 1. The summed E-state index contributed by atoms with van der Waals surface area (Å²) in [5, 5.41) is 9.70. The highest BCUT2D eigenvalue weighted by Gasteiger charge is 2.37. The SMILES string of the molecule is O=C(OCc1ccccc1)C1CS(=O)(=O)CCC1O. The van der Waals surface area contributed by atoms with Crippen LogP contribution in [0.2, 0.25) is 0 Å². The first-order valence-corrected chi connectivity index (χ1v) is 7.89. The van der Waals surface area contributed by atoms with Crippen LogP contribution in [-0.4, -0.2) is 37.1 Å². The molecule has 1 aromatic carbocycles. The Bertz CT molecular complexity index is 537. The molecule has 1 aliphatic heterocycles. The molecule has 2 rings (SSSR count). The summed E-state index contributed by atoms with van der Waals surface area (Å²) in [6.45, 7) is 0.0863. The molecule has 1 aromatic rings. The van der Waals surface area contributed by atoms with Gasteiger partial charge in [0.25, 0.3) is 0 Å². The van der Waals surface area contributed by atoms with E-state index in [9.17, 15) is 18.3 Å². The van der Waals surface area contributed by atoms with Crippen LogP contribution < -0.4 is 0 Å². The van der Waals surface area contributed by atoms with Crippen molar-refractivity contribution in [2.75, 3.05) is 11.5 Å². The number of sulfone groups is 1. The van der Waals surface area contributed by atoms with Crippen molar-refractivity contribution in [3.8, 4) is 0 Å². The Balaban J connectivity index is 1.95. The summed E-state index contributed by atoms with van der Waals surface area (Å²) >= 11 is 0. The van der Waals surface area contributed by atoms with E-state index in [2.05, 4.69) is 0 Å². The lowest BCUT2D eigenvalue weighted by molar-refractivity contribution is -0.153. The maximum atomic E-state index is 11.8. The van der Waals surface area contributed by atoms with Crippen LogP contribution in [-0.2, 0) is 26.0 Å². The number of hydrogen-bond acceptors (Lipinski definition) is 5. The third-order valence-corrected chi connectivity index (χ3v) is 4.87. The first-order valence-electron chi connectivity index (χ1n) is 6.07. The molecular weight excluding hydrogens is 268 g/mol. The standard InChI is InChI=1S/C13H16O5S/c14-12-6-7-19(16,17)9-11(12)13(15)18-8-10-4-2-1-3-5-10/h1-5,11-12,14H,6-9H2. The van der Waals surface area contributed by atoms with Crippen molar-refractivity contribution < 1.29 is 23.1 Å². The van der Waals surface area contributed by atoms with Gasteiger partial charge in [-0.3, -0.25) is 4.79 Å². The van der Waals surface area contributed by atoms with Gasteiger partial charge in [-0.1, -0.05) is 30.3 Å². The van der Waals surface area contributed by atoms with Crippen LogP contribution in [0, 0.1) is 5.92 Å². The van der Waals surface area contributed by atoms with E-state index in [1.165, 1.54) is 0 Å².